The third kappa shape index (κ3) is 3.87. The van der Waals surface area contributed by atoms with Gasteiger partial charge in [0.1, 0.15) is 0 Å². The van der Waals surface area contributed by atoms with Crippen LogP contribution in [0.1, 0.15) is 24.0 Å². The number of rotatable bonds is 3. The number of nitrogens with zero attached hydrogens (tertiary/aromatic N) is 1. The Bertz CT molecular complexity index is 511. The predicted octanol–water partition coefficient (Wildman–Crippen LogP) is 2.20. The van der Waals surface area contributed by atoms with E-state index < -0.39 is 17.8 Å². The number of nitrogens with one attached hydrogen (secondary N) is 1. The monoisotopic (exact) mass is 302 g/mol. The number of carbonyl (C=O) groups excluding carboxylic acids is 1. The molecule has 2 rings (SSSR count). The number of hydrogen-bond acceptors (Lipinski definition) is 2. The fraction of sp³-hybridized carbons (Fsp3) is 0.500. The zero-order valence-electron chi connectivity index (χ0n) is 11.5. The third-order valence-corrected chi connectivity index (χ3v) is 3.40. The van der Waals surface area contributed by atoms with Crippen molar-refractivity contribution in [1.82, 2.24) is 10.2 Å². The summed E-state index contributed by atoms with van der Waals surface area (Å²) in [7, 11) is 0. The first kappa shape index (κ1) is 15.6. The highest BCUT2D eigenvalue weighted by molar-refractivity contribution is 5.75. The van der Waals surface area contributed by atoms with E-state index >= 15 is 0 Å². The second kappa shape index (κ2) is 5.93. The van der Waals surface area contributed by atoms with Gasteiger partial charge in [-0.05, 0) is 18.6 Å². The van der Waals surface area contributed by atoms with Gasteiger partial charge in [0.05, 0.1) is 11.7 Å². The van der Waals surface area contributed by atoms with E-state index in [0.717, 1.165) is 12.1 Å². The number of urea groups is 1. The van der Waals surface area contributed by atoms with Gasteiger partial charge < -0.3 is 15.3 Å². The van der Waals surface area contributed by atoms with Gasteiger partial charge in [-0.3, -0.25) is 0 Å². The molecule has 1 aliphatic heterocycles. The average Bonchev–Trinajstić information content (AvgIpc) is 2.34. The minimum atomic E-state index is -4.35. The lowest BCUT2D eigenvalue weighted by atomic mass is 9.90. The van der Waals surface area contributed by atoms with Gasteiger partial charge in [0, 0.05) is 25.6 Å². The molecule has 0 aromatic heterocycles. The Morgan fingerprint density at radius 1 is 1.48 bits per heavy atom. The van der Waals surface area contributed by atoms with E-state index in [2.05, 4.69) is 5.32 Å². The van der Waals surface area contributed by atoms with Crippen molar-refractivity contribution in [3.63, 3.8) is 0 Å². The molecule has 1 aliphatic rings. The molecule has 2 amide bonds. The SMILES string of the molecule is CC(O)CNC(=O)N1CC(c2cccc(C(F)(F)F)c2)C1. The lowest BCUT2D eigenvalue weighted by molar-refractivity contribution is -0.137. The van der Waals surface area contributed by atoms with Gasteiger partial charge in [0.25, 0.3) is 0 Å². The fourth-order valence-corrected chi connectivity index (χ4v) is 2.17. The fourth-order valence-electron chi connectivity index (χ4n) is 2.17. The maximum Gasteiger partial charge on any atom is 0.416 e. The summed E-state index contributed by atoms with van der Waals surface area (Å²) >= 11 is 0. The van der Waals surface area contributed by atoms with Crippen LogP contribution in [-0.2, 0) is 6.18 Å². The summed E-state index contributed by atoms with van der Waals surface area (Å²) in [5, 5.41) is 11.6. The molecular formula is C14H17F3N2O2. The van der Waals surface area contributed by atoms with Crippen LogP contribution >= 0.6 is 0 Å². The van der Waals surface area contributed by atoms with Crippen LogP contribution < -0.4 is 5.32 Å². The largest absolute Gasteiger partial charge is 0.416 e. The van der Waals surface area contributed by atoms with Crippen LogP contribution in [0.5, 0.6) is 0 Å². The molecule has 1 unspecified atom stereocenters. The molecule has 1 heterocycles. The molecule has 1 fully saturated rings. The number of hydrogen-bond donors (Lipinski definition) is 2. The van der Waals surface area contributed by atoms with E-state index in [1.54, 1.807) is 13.0 Å². The van der Waals surface area contributed by atoms with Gasteiger partial charge in [0.15, 0.2) is 0 Å². The Morgan fingerprint density at radius 2 is 2.14 bits per heavy atom. The summed E-state index contributed by atoms with van der Waals surface area (Å²) in [6, 6.07) is 4.89. The number of carbonyl (C=O) groups is 1. The van der Waals surface area contributed by atoms with Gasteiger partial charge in [-0.1, -0.05) is 18.2 Å². The molecule has 0 bridgehead atoms. The van der Waals surface area contributed by atoms with E-state index in [9.17, 15) is 18.0 Å². The summed E-state index contributed by atoms with van der Waals surface area (Å²) < 4.78 is 37.9. The molecule has 116 valence electrons. The molecule has 21 heavy (non-hydrogen) atoms. The average molecular weight is 302 g/mol. The quantitative estimate of drug-likeness (QED) is 0.899. The number of amides is 2. The van der Waals surface area contributed by atoms with Crippen LogP contribution in [0.15, 0.2) is 24.3 Å². The van der Waals surface area contributed by atoms with E-state index in [1.807, 2.05) is 0 Å². The Balaban J connectivity index is 1.91. The summed E-state index contributed by atoms with van der Waals surface area (Å²) in [4.78, 5) is 13.2. The molecule has 0 aliphatic carbocycles. The van der Waals surface area contributed by atoms with Crippen molar-refractivity contribution < 1.29 is 23.1 Å². The number of aliphatic hydroxyl groups is 1. The Labute approximate surface area is 120 Å². The lowest BCUT2D eigenvalue weighted by Gasteiger charge is -2.39. The molecule has 1 atom stereocenters. The molecule has 1 aromatic carbocycles. The second-order valence-corrected chi connectivity index (χ2v) is 5.26. The number of halogens is 3. The molecular weight excluding hydrogens is 285 g/mol. The number of benzene rings is 1. The highest BCUT2D eigenvalue weighted by Crippen LogP contribution is 2.33. The van der Waals surface area contributed by atoms with Crippen LogP contribution in [0.4, 0.5) is 18.0 Å². The van der Waals surface area contributed by atoms with Crippen molar-refractivity contribution in [2.24, 2.45) is 0 Å². The first-order valence-corrected chi connectivity index (χ1v) is 6.65. The molecule has 2 N–H and O–H groups in total. The van der Waals surface area contributed by atoms with Crippen LogP contribution in [0.25, 0.3) is 0 Å². The standard InChI is InChI=1S/C14H17F3N2O2/c1-9(20)6-18-13(21)19-7-11(8-19)10-3-2-4-12(5-10)14(15,16)17/h2-5,9,11,20H,6-8H2,1H3,(H,18,21). The minimum Gasteiger partial charge on any atom is -0.392 e. The Hall–Kier alpha value is -1.76. The smallest absolute Gasteiger partial charge is 0.392 e. The molecule has 1 saturated heterocycles. The number of aliphatic hydroxyl groups excluding tert-OH is 1. The number of alkyl halides is 3. The second-order valence-electron chi connectivity index (χ2n) is 5.26. The van der Waals surface area contributed by atoms with Crippen molar-refractivity contribution in [3.8, 4) is 0 Å². The molecule has 0 saturated carbocycles. The lowest BCUT2D eigenvalue weighted by Crippen LogP contribution is -2.53. The Kier molecular flexibility index (Phi) is 4.41. The van der Waals surface area contributed by atoms with Gasteiger partial charge in [-0.2, -0.15) is 13.2 Å². The van der Waals surface area contributed by atoms with Gasteiger partial charge >= 0.3 is 12.2 Å². The van der Waals surface area contributed by atoms with E-state index in [1.165, 1.54) is 11.0 Å². The van der Waals surface area contributed by atoms with Crippen LogP contribution in [0, 0.1) is 0 Å². The number of likely N-dealkylation sites (tertiary alicyclic amines) is 1. The highest BCUT2D eigenvalue weighted by atomic mass is 19.4. The van der Waals surface area contributed by atoms with Crippen molar-refractivity contribution in [1.29, 1.82) is 0 Å². The minimum absolute atomic E-state index is 0.0791. The van der Waals surface area contributed by atoms with Gasteiger partial charge in [0.2, 0.25) is 0 Å². The highest BCUT2D eigenvalue weighted by Gasteiger charge is 2.34. The van der Waals surface area contributed by atoms with Crippen molar-refractivity contribution in [2.75, 3.05) is 19.6 Å². The topological polar surface area (TPSA) is 52.6 Å². The predicted molar refractivity (Wildman–Crippen MR) is 70.8 cm³/mol. The zero-order valence-corrected chi connectivity index (χ0v) is 11.5. The molecule has 4 nitrogen and oxygen atoms in total. The Morgan fingerprint density at radius 3 is 2.71 bits per heavy atom. The maximum absolute atomic E-state index is 12.6. The van der Waals surface area contributed by atoms with Gasteiger partial charge in [-0.25, -0.2) is 4.79 Å². The first-order chi connectivity index (χ1) is 9.77. The van der Waals surface area contributed by atoms with E-state index in [0.29, 0.717) is 18.7 Å². The van der Waals surface area contributed by atoms with E-state index in [4.69, 9.17) is 5.11 Å². The van der Waals surface area contributed by atoms with Crippen LogP contribution in [0.3, 0.4) is 0 Å². The summed E-state index contributed by atoms with van der Waals surface area (Å²) in [6.07, 6.45) is -4.98. The maximum atomic E-state index is 12.6. The van der Waals surface area contributed by atoms with Crippen LogP contribution in [-0.4, -0.2) is 41.8 Å². The van der Waals surface area contributed by atoms with Crippen molar-refractivity contribution >= 4 is 6.03 Å². The molecule has 0 radical (unpaired) electrons. The van der Waals surface area contributed by atoms with Crippen molar-refractivity contribution in [2.45, 2.75) is 25.1 Å². The van der Waals surface area contributed by atoms with Crippen molar-refractivity contribution in [3.05, 3.63) is 35.4 Å². The molecule has 7 heteroatoms. The first-order valence-electron chi connectivity index (χ1n) is 6.65. The summed E-state index contributed by atoms with van der Waals surface area (Å²) in [6.45, 7) is 2.48. The normalized spacial score (nSPS) is 17.3. The molecule has 1 aromatic rings. The molecule has 0 spiro atoms. The van der Waals surface area contributed by atoms with Crippen LogP contribution in [0.2, 0.25) is 0 Å². The zero-order chi connectivity index (χ0) is 15.6. The third-order valence-electron chi connectivity index (χ3n) is 3.40. The summed E-state index contributed by atoms with van der Waals surface area (Å²) in [5.74, 6) is -0.0791. The summed E-state index contributed by atoms with van der Waals surface area (Å²) in [5.41, 5.74) is -0.0820. The van der Waals surface area contributed by atoms with E-state index in [-0.39, 0.29) is 18.5 Å². The van der Waals surface area contributed by atoms with Gasteiger partial charge in [-0.15, -0.1) is 0 Å².